The first-order chi connectivity index (χ1) is 18.1. The molecule has 0 radical (unpaired) electrons. The number of aryl methyl sites for hydroxylation is 1. The van der Waals surface area contributed by atoms with Crippen LogP contribution < -0.4 is 5.32 Å². The molecule has 1 unspecified atom stereocenters. The summed E-state index contributed by atoms with van der Waals surface area (Å²) in [6.45, 7) is 5.26. The lowest BCUT2D eigenvalue weighted by Crippen LogP contribution is -2.52. The number of fused-ring (bicyclic) bond motifs is 1. The molecule has 1 saturated heterocycles. The second-order valence-corrected chi connectivity index (χ2v) is 8.78. The van der Waals surface area contributed by atoms with Crippen LogP contribution in [0.2, 0.25) is 0 Å². The second kappa shape index (κ2) is 16.4. The summed E-state index contributed by atoms with van der Waals surface area (Å²) in [5.74, 6) is -0.835. The number of aliphatic hydroxyl groups excluding tert-OH is 1. The average Bonchev–Trinajstić information content (AvgIpc) is 3.21. The summed E-state index contributed by atoms with van der Waals surface area (Å²) in [5.41, 5.74) is 2.67. The van der Waals surface area contributed by atoms with Gasteiger partial charge in [0.15, 0.2) is 0 Å². The molecule has 3 amide bonds. The quantitative estimate of drug-likeness (QED) is 0.196. The molecule has 1 atom stereocenters. The van der Waals surface area contributed by atoms with Gasteiger partial charge in [0.2, 0.25) is 11.8 Å². The Hall–Kier alpha value is -2.41. The first kappa shape index (κ1) is 29.2. The van der Waals surface area contributed by atoms with Gasteiger partial charge in [-0.2, -0.15) is 0 Å². The van der Waals surface area contributed by atoms with Gasteiger partial charge in [0.05, 0.1) is 66.1 Å². The van der Waals surface area contributed by atoms with E-state index in [1.807, 2.05) is 18.2 Å². The van der Waals surface area contributed by atoms with Crippen molar-refractivity contribution in [1.29, 1.82) is 0 Å². The van der Waals surface area contributed by atoms with E-state index < -0.39 is 11.9 Å². The lowest BCUT2D eigenvalue weighted by Gasteiger charge is -2.29. The van der Waals surface area contributed by atoms with Gasteiger partial charge in [-0.25, -0.2) is 0 Å². The topological polar surface area (TPSA) is 133 Å². The largest absolute Gasteiger partial charge is 0.394 e. The molecular weight excluding hydrogens is 484 g/mol. The zero-order valence-electron chi connectivity index (χ0n) is 21.3. The number of amides is 3. The summed E-state index contributed by atoms with van der Waals surface area (Å²) in [5, 5.41) is 10.9. The van der Waals surface area contributed by atoms with E-state index in [4.69, 9.17) is 28.8 Å². The smallest absolute Gasteiger partial charge is 0.255 e. The molecule has 1 fully saturated rings. The zero-order chi connectivity index (χ0) is 26.3. The maximum Gasteiger partial charge on any atom is 0.255 e. The Morgan fingerprint density at radius 2 is 1.43 bits per heavy atom. The molecule has 3 rings (SSSR count). The molecule has 0 bridgehead atoms. The maximum atomic E-state index is 12.8. The normalized spacial score (nSPS) is 17.4. The standard InChI is InChI=1S/C26H38N2O9/c29-7-9-34-11-13-36-15-17-37-16-14-35-12-10-33-8-1-2-20-3-4-22-21(18-20)19-28(26(22)32)23-5-6-24(30)27-25(23)31/h3-4,18,23,29H,1-2,5-17,19H2,(H,27,30,31). The molecule has 37 heavy (non-hydrogen) atoms. The van der Waals surface area contributed by atoms with E-state index in [1.54, 1.807) is 4.90 Å². The zero-order valence-corrected chi connectivity index (χ0v) is 21.3. The molecular formula is C26H38N2O9. The van der Waals surface area contributed by atoms with Gasteiger partial charge >= 0.3 is 0 Å². The fourth-order valence-electron chi connectivity index (χ4n) is 4.21. The molecule has 0 aromatic heterocycles. The highest BCUT2D eigenvalue weighted by atomic mass is 16.6. The van der Waals surface area contributed by atoms with E-state index >= 15 is 0 Å². The second-order valence-electron chi connectivity index (χ2n) is 8.78. The van der Waals surface area contributed by atoms with Crippen molar-refractivity contribution in [2.45, 2.75) is 38.3 Å². The monoisotopic (exact) mass is 522 g/mol. The average molecular weight is 523 g/mol. The fourth-order valence-corrected chi connectivity index (χ4v) is 4.21. The van der Waals surface area contributed by atoms with Crippen LogP contribution in [0.4, 0.5) is 0 Å². The van der Waals surface area contributed by atoms with Gasteiger partial charge in [0.25, 0.3) is 5.91 Å². The van der Waals surface area contributed by atoms with Crippen molar-refractivity contribution < 1.29 is 43.2 Å². The third-order valence-corrected chi connectivity index (χ3v) is 6.07. The highest BCUT2D eigenvalue weighted by Gasteiger charge is 2.38. The van der Waals surface area contributed by atoms with Crippen molar-refractivity contribution in [3.63, 3.8) is 0 Å². The minimum absolute atomic E-state index is 0.0173. The minimum Gasteiger partial charge on any atom is -0.394 e. The molecule has 1 aromatic rings. The Morgan fingerprint density at radius 1 is 0.838 bits per heavy atom. The molecule has 0 saturated carbocycles. The van der Waals surface area contributed by atoms with Gasteiger partial charge in [0.1, 0.15) is 6.04 Å². The third-order valence-electron chi connectivity index (χ3n) is 6.07. The molecule has 11 nitrogen and oxygen atoms in total. The van der Waals surface area contributed by atoms with Crippen LogP contribution in [0.25, 0.3) is 0 Å². The van der Waals surface area contributed by atoms with Crippen LogP contribution in [-0.2, 0) is 46.2 Å². The van der Waals surface area contributed by atoms with Gasteiger partial charge in [-0.15, -0.1) is 0 Å². The maximum absolute atomic E-state index is 12.8. The van der Waals surface area contributed by atoms with E-state index in [2.05, 4.69) is 5.32 Å². The lowest BCUT2D eigenvalue weighted by atomic mass is 10.0. The van der Waals surface area contributed by atoms with Crippen molar-refractivity contribution in [1.82, 2.24) is 10.2 Å². The predicted molar refractivity (Wildman–Crippen MR) is 132 cm³/mol. The SMILES string of the molecule is O=C1CCC(N2Cc3cc(CCCOCCOCCOCCOCCOCCO)ccc3C2=O)C(=O)N1. The fraction of sp³-hybridized carbons (Fsp3) is 0.654. The molecule has 206 valence electrons. The summed E-state index contributed by atoms with van der Waals surface area (Å²) >= 11 is 0. The molecule has 0 spiro atoms. The van der Waals surface area contributed by atoms with Crippen molar-refractivity contribution >= 4 is 17.7 Å². The van der Waals surface area contributed by atoms with Crippen molar-refractivity contribution in [3.05, 3.63) is 34.9 Å². The number of carbonyl (C=O) groups is 3. The number of carbonyl (C=O) groups excluding carboxylic acids is 3. The van der Waals surface area contributed by atoms with Gasteiger partial charge in [-0.1, -0.05) is 12.1 Å². The summed E-state index contributed by atoms with van der Waals surface area (Å²) in [4.78, 5) is 37.9. The number of hydrogen-bond acceptors (Lipinski definition) is 9. The highest BCUT2D eigenvalue weighted by molar-refractivity contribution is 6.05. The number of nitrogens with zero attached hydrogens (tertiary/aromatic N) is 1. The molecule has 2 aliphatic heterocycles. The van der Waals surface area contributed by atoms with E-state index in [-0.39, 0.29) is 24.8 Å². The van der Waals surface area contributed by atoms with Crippen LogP contribution in [0.3, 0.4) is 0 Å². The van der Waals surface area contributed by atoms with Gasteiger partial charge in [0, 0.05) is 25.1 Å². The number of aliphatic hydroxyl groups is 1. The summed E-state index contributed by atoms with van der Waals surface area (Å²) in [6, 6.07) is 5.21. The van der Waals surface area contributed by atoms with Crippen LogP contribution in [-0.4, -0.2) is 106 Å². The molecule has 11 heteroatoms. The number of rotatable bonds is 19. The molecule has 2 aliphatic rings. The van der Waals surface area contributed by atoms with Crippen LogP contribution in [0.1, 0.15) is 40.7 Å². The lowest BCUT2D eigenvalue weighted by molar-refractivity contribution is -0.136. The number of piperidine rings is 1. The van der Waals surface area contributed by atoms with Crippen LogP contribution >= 0.6 is 0 Å². The first-order valence-electron chi connectivity index (χ1n) is 12.9. The Bertz CT molecular complexity index is 880. The Balaban J connectivity index is 1.19. The Kier molecular flexibility index (Phi) is 12.9. The molecule has 2 heterocycles. The number of nitrogens with one attached hydrogen (secondary N) is 1. The van der Waals surface area contributed by atoms with Gasteiger partial charge in [-0.3, -0.25) is 19.7 Å². The van der Waals surface area contributed by atoms with Crippen LogP contribution in [0.15, 0.2) is 18.2 Å². The molecule has 2 N–H and O–H groups in total. The van der Waals surface area contributed by atoms with Crippen LogP contribution in [0.5, 0.6) is 0 Å². The van der Waals surface area contributed by atoms with Crippen molar-refractivity contribution in [2.75, 3.05) is 72.7 Å². The Labute approximate surface area is 217 Å². The number of hydrogen-bond donors (Lipinski definition) is 2. The highest BCUT2D eigenvalue weighted by Crippen LogP contribution is 2.28. The van der Waals surface area contributed by atoms with Crippen molar-refractivity contribution in [3.8, 4) is 0 Å². The molecule has 1 aromatic carbocycles. The number of imide groups is 1. The van der Waals surface area contributed by atoms with E-state index in [0.717, 1.165) is 24.0 Å². The number of benzene rings is 1. The molecule has 0 aliphatic carbocycles. The van der Waals surface area contributed by atoms with Crippen LogP contribution in [0, 0.1) is 0 Å². The predicted octanol–water partition coefficient (Wildman–Crippen LogP) is 0.456. The van der Waals surface area contributed by atoms with Gasteiger partial charge in [-0.05, 0) is 36.5 Å². The van der Waals surface area contributed by atoms with E-state index in [0.29, 0.717) is 84.6 Å². The third kappa shape index (κ3) is 9.76. The summed E-state index contributed by atoms with van der Waals surface area (Å²) in [6.07, 6.45) is 2.28. The summed E-state index contributed by atoms with van der Waals surface area (Å²) < 4.78 is 26.9. The van der Waals surface area contributed by atoms with Crippen molar-refractivity contribution in [2.24, 2.45) is 0 Å². The van der Waals surface area contributed by atoms with E-state index in [9.17, 15) is 14.4 Å². The van der Waals surface area contributed by atoms with Gasteiger partial charge < -0.3 is 33.7 Å². The Morgan fingerprint density at radius 3 is 2.03 bits per heavy atom. The first-order valence-corrected chi connectivity index (χ1v) is 12.9. The minimum atomic E-state index is -0.592. The summed E-state index contributed by atoms with van der Waals surface area (Å²) in [7, 11) is 0. The number of ether oxygens (including phenoxy) is 5. The van der Waals surface area contributed by atoms with E-state index in [1.165, 1.54) is 0 Å².